The number of hydrogen-bond acceptors (Lipinski definition) is 4. The molecular weight excluding hydrogens is 202 g/mol. The van der Waals surface area contributed by atoms with Gasteiger partial charge in [0, 0.05) is 26.2 Å². The van der Waals surface area contributed by atoms with E-state index in [1.807, 2.05) is 0 Å². The summed E-state index contributed by atoms with van der Waals surface area (Å²) in [5.41, 5.74) is 5.47. The Bertz CT molecular complexity index is 160. The van der Waals surface area contributed by atoms with E-state index >= 15 is 0 Å². The molecule has 0 atom stereocenters. The summed E-state index contributed by atoms with van der Waals surface area (Å²) in [5, 5.41) is 0. The van der Waals surface area contributed by atoms with Crippen molar-refractivity contribution in [1.29, 1.82) is 0 Å². The van der Waals surface area contributed by atoms with E-state index in [1.54, 1.807) is 0 Å². The van der Waals surface area contributed by atoms with Gasteiger partial charge >= 0.3 is 0 Å². The van der Waals surface area contributed by atoms with E-state index in [1.165, 1.54) is 32.5 Å². The Morgan fingerprint density at radius 3 is 2.56 bits per heavy atom. The van der Waals surface area contributed by atoms with Gasteiger partial charge < -0.3 is 15.4 Å². The van der Waals surface area contributed by atoms with Gasteiger partial charge in [0.25, 0.3) is 0 Å². The Morgan fingerprint density at radius 2 is 1.88 bits per heavy atom. The minimum Gasteiger partial charge on any atom is -0.379 e. The molecule has 0 saturated carbocycles. The van der Waals surface area contributed by atoms with Gasteiger partial charge in [0.05, 0.1) is 13.2 Å². The predicted octanol–water partition coefficient (Wildman–Crippen LogP) is 0.379. The Morgan fingerprint density at radius 1 is 1.12 bits per heavy atom. The molecule has 1 heterocycles. The van der Waals surface area contributed by atoms with Gasteiger partial charge in [0.15, 0.2) is 0 Å². The van der Waals surface area contributed by atoms with Crippen LogP contribution in [0.25, 0.3) is 0 Å². The highest BCUT2D eigenvalue weighted by molar-refractivity contribution is 4.64. The predicted molar refractivity (Wildman–Crippen MR) is 67.7 cm³/mol. The van der Waals surface area contributed by atoms with Crippen molar-refractivity contribution in [2.45, 2.75) is 19.3 Å². The fourth-order valence-electron chi connectivity index (χ4n) is 1.95. The van der Waals surface area contributed by atoms with Gasteiger partial charge in [-0.2, -0.15) is 0 Å². The van der Waals surface area contributed by atoms with Gasteiger partial charge in [0.2, 0.25) is 0 Å². The SMILES string of the molecule is CN(CCCCCN)CCN1CCOCC1. The molecule has 0 aliphatic carbocycles. The van der Waals surface area contributed by atoms with Crippen molar-refractivity contribution in [3.05, 3.63) is 0 Å². The molecule has 0 spiro atoms. The molecule has 0 amide bonds. The average molecular weight is 229 g/mol. The van der Waals surface area contributed by atoms with E-state index in [-0.39, 0.29) is 0 Å². The van der Waals surface area contributed by atoms with Gasteiger partial charge in [-0.05, 0) is 33.0 Å². The van der Waals surface area contributed by atoms with Crippen LogP contribution >= 0.6 is 0 Å². The molecule has 16 heavy (non-hydrogen) atoms. The lowest BCUT2D eigenvalue weighted by atomic mass is 10.2. The lowest BCUT2D eigenvalue weighted by molar-refractivity contribution is 0.0344. The molecule has 2 N–H and O–H groups in total. The van der Waals surface area contributed by atoms with Crippen LogP contribution in [0, 0.1) is 0 Å². The fraction of sp³-hybridized carbons (Fsp3) is 1.00. The maximum Gasteiger partial charge on any atom is 0.0594 e. The van der Waals surface area contributed by atoms with Crippen molar-refractivity contribution in [2.24, 2.45) is 5.73 Å². The number of hydrogen-bond donors (Lipinski definition) is 1. The molecule has 96 valence electrons. The first kappa shape index (κ1) is 13.9. The zero-order valence-electron chi connectivity index (χ0n) is 10.7. The van der Waals surface area contributed by atoms with Gasteiger partial charge in [-0.25, -0.2) is 0 Å². The first-order valence-electron chi connectivity index (χ1n) is 6.51. The van der Waals surface area contributed by atoms with E-state index in [9.17, 15) is 0 Å². The number of nitrogens with zero attached hydrogens (tertiary/aromatic N) is 2. The first-order valence-corrected chi connectivity index (χ1v) is 6.51. The molecule has 1 aliphatic rings. The van der Waals surface area contributed by atoms with Gasteiger partial charge in [-0.3, -0.25) is 4.90 Å². The van der Waals surface area contributed by atoms with Crippen molar-refractivity contribution >= 4 is 0 Å². The second-order valence-electron chi connectivity index (χ2n) is 4.61. The Kier molecular flexibility index (Phi) is 7.76. The molecule has 1 fully saturated rings. The van der Waals surface area contributed by atoms with Crippen LogP contribution < -0.4 is 5.73 Å². The third kappa shape index (κ3) is 6.43. The highest BCUT2D eigenvalue weighted by atomic mass is 16.5. The number of rotatable bonds is 8. The number of unbranched alkanes of at least 4 members (excludes halogenated alkanes) is 2. The quantitative estimate of drug-likeness (QED) is 0.611. The van der Waals surface area contributed by atoms with Crippen LogP contribution in [0.5, 0.6) is 0 Å². The summed E-state index contributed by atoms with van der Waals surface area (Å²) in [6.07, 6.45) is 3.70. The topological polar surface area (TPSA) is 41.7 Å². The zero-order chi connectivity index (χ0) is 11.6. The van der Waals surface area contributed by atoms with E-state index in [4.69, 9.17) is 10.5 Å². The second-order valence-corrected chi connectivity index (χ2v) is 4.61. The maximum absolute atomic E-state index is 5.47. The summed E-state index contributed by atoms with van der Waals surface area (Å²) in [6.45, 7) is 8.38. The van der Waals surface area contributed by atoms with Crippen LogP contribution in [0.4, 0.5) is 0 Å². The van der Waals surface area contributed by atoms with Crippen LogP contribution in [0.1, 0.15) is 19.3 Å². The van der Waals surface area contributed by atoms with Crippen molar-refractivity contribution in [3.63, 3.8) is 0 Å². The summed E-state index contributed by atoms with van der Waals surface area (Å²) in [4.78, 5) is 4.91. The molecule has 0 radical (unpaired) electrons. The second kappa shape index (κ2) is 8.93. The van der Waals surface area contributed by atoms with Gasteiger partial charge in [-0.1, -0.05) is 6.42 Å². The first-order chi connectivity index (χ1) is 7.83. The fourth-order valence-corrected chi connectivity index (χ4v) is 1.95. The van der Waals surface area contributed by atoms with Crippen molar-refractivity contribution in [2.75, 3.05) is 59.5 Å². The van der Waals surface area contributed by atoms with Crippen molar-refractivity contribution in [1.82, 2.24) is 9.80 Å². The minimum atomic E-state index is 0.831. The summed E-state index contributed by atoms with van der Waals surface area (Å²) >= 11 is 0. The third-order valence-corrected chi connectivity index (χ3v) is 3.15. The highest BCUT2D eigenvalue weighted by Gasteiger charge is 2.10. The van der Waals surface area contributed by atoms with Crippen LogP contribution in [-0.4, -0.2) is 69.3 Å². The minimum absolute atomic E-state index is 0.831. The van der Waals surface area contributed by atoms with E-state index in [2.05, 4.69) is 16.8 Å². The molecule has 0 aromatic carbocycles. The van der Waals surface area contributed by atoms with Crippen molar-refractivity contribution in [3.8, 4) is 0 Å². The molecule has 0 unspecified atom stereocenters. The molecule has 0 aromatic rings. The monoisotopic (exact) mass is 229 g/mol. The van der Waals surface area contributed by atoms with Crippen LogP contribution in [-0.2, 0) is 4.74 Å². The molecule has 0 bridgehead atoms. The number of ether oxygens (including phenoxy) is 1. The smallest absolute Gasteiger partial charge is 0.0594 e. The average Bonchev–Trinajstić information content (AvgIpc) is 2.33. The number of morpholine rings is 1. The Balaban J connectivity index is 1.94. The molecule has 4 nitrogen and oxygen atoms in total. The van der Waals surface area contributed by atoms with Gasteiger partial charge in [-0.15, -0.1) is 0 Å². The molecule has 1 rings (SSSR count). The van der Waals surface area contributed by atoms with Crippen LogP contribution in [0.15, 0.2) is 0 Å². The Labute approximate surface area is 99.7 Å². The summed E-state index contributed by atoms with van der Waals surface area (Å²) in [7, 11) is 2.21. The highest BCUT2D eigenvalue weighted by Crippen LogP contribution is 1.99. The molecule has 4 heteroatoms. The van der Waals surface area contributed by atoms with E-state index in [0.717, 1.165) is 39.3 Å². The standard InChI is InChI=1S/C12H27N3O/c1-14(6-4-2-3-5-13)7-8-15-9-11-16-12-10-15/h2-13H2,1H3. The van der Waals surface area contributed by atoms with Gasteiger partial charge in [0.1, 0.15) is 0 Å². The summed E-state index contributed by atoms with van der Waals surface area (Å²) in [6, 6.07) is 0. The van der Waals surface area contributed by atoms with E-state index < -0.39 is 0 Å². The summed E-state index contributed by atoms with van der Waals surface area (Å²) < 4.78 is 5.33. The molecular formula is C12H27N3O. The van der Waals surface area contributed by atoms with Crippen LogP contribution in [0.2, 0.25) is 0 Å². The molecule has 1 saturated heterocycles. The number of likely N-dealkylation sites (N-methyl/N-ethyl adjacent to an activating group) is 1. The lowest BCUT2D eigenvalue weighted by Crippen LogP contribution is -2.40. The van der Waals surface area contributed by atoms with Crippen molar-refractivity contribution < 1.29 is 4.74 Å². The third-order valence-electron chi connectivity index (χ3n) is 3.15. The largest absolute Gasteiger partial charge is 0.379 e. The Hall–Kier alpha value is -0.160. The lowest BCUT2D eigenvalue weighted by Gasteiger charge is -2.28. The maximum atomic E-state index is 5.47. The normalized spacial score (nSPS) is 18.2. The van der Waals surface area contributed by atoms with Crippen LogP contribution in [0.3, 0.4) is 0 Å². The number of nitrogens with two attached hydrogens (primary N) is 1. The molecule has 0 aromatic heterocycles. The van der Waals surface area contributed by atoms with E-state index in [0.29, 0.717) is 0 Å². The molecule has 1 aliphatic heterocycles. The zero-order valence-corrected chi connectivity index (χ0v) is 10.7. The summed E-state index contributed by atoms with van der Waals surface area (Å²) in [5.74, 6) is 0.